The van der Waals surface area contributed by atoms with E-state index in [9.17, 15) is 0 Å². The van der Waals surface area contributed by atoms with Crippen LogP contribution in [0.1, 0.15) is 5.76 Å². The van der Waals surface area contributed by atoms with Crippen molar-refractivity contribution >= 4 is 35.0 Å². The zero-order valence-corrected chi connectivity index (χ0v) is 17.5. The fourth-order valence-electron chi connectivity index (χ4n) is 2.64. The van der Waals surface area contributed by atoms with E-state index in [2.05, 4.69) is 15.4 Å². The summed E-state index contributed by atoms with van der Waals surface area (Å²) in [4.78, 5) is 0. The fourth-order valence-corrected chi connectivity index (χ4v) is 3.75. The summed E-state index contributed by atoms with van der Waals surface area (Å²) >= 11 is 13.7. The summed E-state index contributed by atoms with van der Waals surface area (Å²) in [6, 6.07) is 14.6. The monoisotopic (exact) mass is 447 g/mol. The molecule has 0 aliphatic rings. The average molecular weight is 448 g/mol. The van der Waals surface area contributed by atoms with Crippen LogP contribution in [0.2, 0.25) is 10.0 Å². The molecule has 4 rings (SSSR count). The summed E-state index contributed by atoms with van der Waals surface area (Å²) in [7, 11) is 1.63. The topological polar surface area (TPSA) is 92.0 Å². The highest BCUT2D eigenvalue weighted by Gasteiger charge is 2.16. The molecule has 0 saturated heterocycles. The lowest BCUT2D eigenvalue weighted by Gasteiger charge is -2.05. The van der Waals surface area contributed by atoms with Gasteiger partial charge in [-0.1, -0.05) is 40.1 Å². The Balaban J connectivity index is 1.48. The molecule has 0 radical (unpaired) electrons. The smallest absolute Gasteiger partial charge is 0.210 e. The van der Waals surface area contributed by atoms with Gasteiger partial charge in [0.1, 0.15) is 17.2 Å². The van der Waals surface area contributed by atoms with Crippen molar-refractivity contribution in [3.8, 4) is 28.4 Å². The second-order valence-corrected chi connectivity index (χ2v) is 7.78. The number of hydrogen-bond donors (Lipinski definition) is 1. The molecule has 0 atom stereocenters. The summed E-state index contributed by atoms with van der Waals surface area (Å²) in [5.41, 5.74) is 2.29. The molecule has 2 aromatic carbocycles. The molecule has 29 heavy (non-hydrogen) atoms. The van der Waals surface area contributed by atoms with E-state index in [1.165, 1.54) is 16.4 Å². The molecule has 0 aliphatic carbocycles. The summed E-state index contributed by atoms with van der Waals surface area (Å²) in [5.74, 6) is 8.54. The number of nitrogens with two attached hydrogens (primary N) is 1. The second kappa shape index (κ2) is 8.36. The molecule has 0 aliphatic heterocycles. The average Bonchev–Trinajstić information content (AvgIpc) is 3.35. The third-order valence-electron chi connectivity index (χ3n) is 4.12. The predicted octanol–water partition coefficient (Wildman–Crippen LogP) is 4.92. The minimum absolute atomic E-state index is 0.427. The summed E-state index contributed by atoms with van der Waals surface area (Å²) in [6.45, 7) is 0. The first-order valence-electron chi connectivity index (χ1n) is 8.44. The molecule has 10 heteroatoms. The number of aromatic nitrogens is 4. The molecule has 4 aromatic rings. The van der Waals surface area contributed by atoms with Crippen LogP contribution < -0.4 is 10.6 Å². The Morgan fingerprint density at radius 1 is 1.10 bits per heavy atom. The maximum absolute atomic E-state index is 6.23. The van der Waals surface area contributed by atoms with E-state index in [1.54, 1.807) is 25.3 Å². The minimum Gasteiger partial charge on any atom is -0.497 e. The van der Waals surface area contributed by atoms with Crippen molar-refractivity contribution in [2.24, 2.45) is 0 Å². The van der Waals surface area contributed by atoms with Gasteiger partial charge in [0.15, 0.2) is 5.82 Å². The molecule has 2 aromatic heterocycles. The van der Waals surface area contributed by atoms with E-state index in [1.807, 2.05) is 30.3 Å². The quantitative estimate of drug-likeness (QED) is 0.331. The number of halogens is 2. The number of benzene rings is 2. The van der Waals surface area contributed by atoms with Crippen LogP contribution in [0, 0.1) is 0 Å². The van der Waals surface area contributed by atoms with Crippen LogP contribution in [0.5, 0.6) is 5.75 Å². The van der Waals surface area contributed by atoms with E-state index in [0.29, 0.717) is 38.1 Å². The van der Waals surface area contributed by atoms with E-state index >= 15 is 0 Å². The third-order valence-corrected chi connectivity index (χ3v) is 5.65. The largest absolute Gasteiger partial charge is 0.497 e. The molecule has 0 fully saturated rings. The van der Waals surface area contributed by atoms with Gasteiger partial charge in [0.2, 0.25) is 5.16 Å². The number of methoxy groups -OCH3 is 1. The van der Waals surface area contributed by atoms with Gasteiger partial charge in [-0.2, -0.15) is 0 Å². The van der Waals surface area contributed by atoms with Gasteiger partial charge in [0.25, 0.3) is 0 Å². The third kappa shape index (κ3) is 4.19. The van der Waals surface area contributed by atoms with Crippen LogP contribution in [-0.4, -0.2) is 27.1 Å². The van der Waals surface area contributed by atoms with Crippen LogP contribution in [0.4, 0.5) is 0 Å². The molecule has 0 unspecified atom stereocenters. The maximum atomic E-state index is 6.23. The van der Waals surface area contributed by atoms with Crippen molar-refractivity contribution in [1.29, 1.82) is 0 Å². The second-order valence-electron chi connectivity index (χ2n) is 6.00. The van der Waals surface area contributed by atoms with Gasteiger partial charge < -0.3 is 15.1 Å². The lowest BCUT2D eigenvalue weighted by atomic mass is 10.1. The van der Waals surface area contributed by atoms with Crippen molar-refractivity contribution in [2.45, 2.75) is 10.9 Å². The molecule has 2 N–H and O–H groups in total. The normalized spacial score (nSPS) is 11.0. The van der Waals surface area contributed by atoms with E-state index in [0.717, 1.165) is 17.0 Å². The van der Waals surface area contributed by atoms with Crippen molar-refractivity contribution in [3.05, 3.63) is 64.3 Å². The molecule has 0 bridgehead atoms. The maximum Gasteiger partial charge on any atom is 0.210 e. The van der Waals surface area contributed by atoms with Gasteiger partial charge in [-0.3, -0.25) is 0 Å². The van der Waals surface area contributed by atoms with Crippen LogP contribution in [0.15, 0.2) is 58.2 Å². The van der Waals surface area contributed by atoms with Gasteiger partial charge in [-0.25, -0.2) is 4.68 Å². The highest BCUT2D eigenvalue weighted by molar-refractivity contribution is 7.98. The van der Waals surface area contributed by atoms with Crippen LogP contribution in [-0.2, 0) is 5.75 Å². The number of rotatable bonds is 6. The van der Waals surface area contributed by atoms with Crippen LogP contribution in [0.25, 0.3) is 22.6 Å². The van der Waals surface area contributed by atoms with Gasteiger partial charge in [0, 0.05) is 22.2 Å². The molecule has 7 nitrogen and oxygen atoms in total. The summed E-state index contributed by atoms with van der Waals surface area (Å²) in [6.07, 6.45) is 0. The Labute approximate surface area is 180 Å². The van der Waals surface area contributed by atoms with E-state index in [4.69, 9.17) is 38.3 Å². The Morgan fingerprint density at radius 2 is 1.90 bits per heavy atom. The highest BCUT2D eigenvalue weighted by atomic mass is 35.5. The lowest BCUT2D eigenvalue weighted by molar-refractivity contribution is 0.397. The minimum atomic E-state index is 0.427. The summed E-state index contributed by atoms with van der Waals surface area (Å²) in [5, 5.41) is 13.9. The van der Waals surface area contributed by atoms with Crippen LogP contribution in [0.3, 0.4) is 0 Å². The van der Waals surface area contributed by atoms with Gasteiger partial charge >= 0.3 is 0 Å². The van der Waals surface area contributed by atoms with E-state index < -0.39 is 0 Å². The summed E-state index contributed by atoms with van der Waals surface area (Å²) < 4.78 is 12.0. The van der Waals surface area contributed by atoms with Crippen LogP contribution >= 0.6 is 35.0 Å². The van der Waals surface area contributed by atoms with E-state index in [-0.39, 0.29) is 0 Å². The first-order valence-corrected chi connectivity index (χ1v) is 10.2. The van der Waals surface area contributed by atoms with Crippen molar-refractivity contribution in [2.75, 3.05) is 13.0 Å². The van der Waals surface area contributed by atoms with Gasteiger partial charge in [-0.05, 0) is 42.5 Å². The van der Waals surface area contributed by atoms with Crippen molar-refractivity contribution < 1.29 is 9.26 Å². The Bertz CT molecular complexity index is 1140. The Morgan fingerprint density at radius 3 is 2.66 bits per heavy atom. The van der Waals surface area contributed by atoms with Gasteiger partial charge in [0.05, 0.1) is 17.9 Å². The predicted molar refractivity (Wildman–Crippen MR) is 114 cm³/mol. The molecule has 148 valence electrons. The fraction of sp³-hybridized carbons (Fsp3) is 0.105. The number of nitrogens with zero attached hydrogens (tertiary/aromatic N) is 4. The SMILES string of the molecule is COc1ccc(-c2cc(CSc3nnc(-c4cc(Cl)ccc4Cl)n3N)on2)cc1. The zero-order chi connectivity index (χ0) is 20.4. The zero-order valence-electron chi connectivity index (χ0n) is 15.2. The first-order chi connectivity index (χ1) is 14.0. The van der Waals surface area contributed by atoms with Crippen molar-refractivity contribution in [3.63, 3.8) is 0 Å². The molecular weight excluding hydrogens is 433 g/mol. The Hall–Kier alpha value is -2.68. The first kappa shape index (κ1) is 19.6. The standard InChI is InChI=1S/C19H15Cl2N5O2S/c1-27-13-5-2-11(3-6-13)17-9-14(28-25-17)10-29-19-24-23-18(26(19)22)15-8-12(20)4-7-16(15)21/h2-9H,10,22H2,1H3. The van der Waals surface area contributed by atoms with Crippen molar-refractivity contribution in [1.82, 2.24) is 20.0 Å². The molecule has 0 saturated carbocycles. The number of hydrogen-bond acceptors (Lipinski definition) is 7. The number of ether oxygens (including phenoxy) is 1. The molecule has 0 amide bonds. The Kier molecular flexibility index (Phi) is 5.66. The number of thioether (sulfide) groups is 1. The highest BCUT2D eigenvalue weighted by Crippen LogP contribution is 2.31. The molecule has 2 heterocycles. The van der Waals surface area contributed by atoms with Gasteiger partial charge in [-0.15, -0.1) is 10.2 Å². The molecule has 0 spiro atoms. The lowest BCUT2D eigenvalue weighted by Crippen LogP contribution is -2.11. The number of nitrogen functional groups attached to an aromatic ring is 1. The molecular formula is C19H15Cl2N5O2S.